The largest absolute Gasteiger partial charge is 0.370 e. The third-order valence-corrected chi connectivity index (χ3v) is 5.66. The normalized spacial score (nSPS) is 35.8. The van der Waals surface area contributed by atoms with Crippen LogP contribution in [0.2, 0.25) is 0 Å². The van der Waals surface area contributed by atoms with Crippen LogP contribution >= 0.6 is 0 Å². The molecule has 3 rings (SSSR count). The van der Waals surface area contributed by atoms with Gasteiger partial charge in [0.05, 0.1) is 12.1 Å². The summed E-state index contributed by atoms with van der Waals surface area (Å²) in [6, 6.07) is 0. The number of rotatable bonds is 2. The zero-order valence-electron chi connectivity index (χ0n) is 12.8. The molecule has 0 aromatic carbocycles. The Morgan fingerprint density at radius 3 is 2.37 bits per heavy atom. The fourth-order valence-electron chi connectivity index (χ4n) is 3.94. The molecular weight excluding hydrogens is 234 g/mol. The van der Waals surface area contributed by atoms with Crippen LogP contribution in [0.25, 0.3) is 0 Å². The topological polar surface area (TPSA) is 41.6 Å². The molecule has 0 atom stereocenters. The minimum atomic E-state index is 0.286. The summed E-state index contributed by atoms with van der Waals surface area (Å²) in [7, 11) is 0. The van der Waals surface area contributed by atoms with E-state index in [0.29, 0.717) is 5.41 Å². The Morgan fingerprint density at radius 2 is 1.84 bits per heavy atom. The molecule has 0 amide bonds. The van der Waals surface area contributed by atoms with Crippen LogP contribution in [0.4, 0.5) is 0 Å². The predicted molar refractivity (Wildman–Crippen MR) is 80.1 cm³/mol. The molecule has 1 aliphatic heterocycles. The highest BCUT2D eigenvalue weighted by molar-refractivity contribution is 5.81. The molecule has 0 saturated heterocycles. The van der Waals surface area contributed by atoms with Gasteiger partial charge in [-0.1, -0.05) is 20.8 Å². The van der Waals surface area contributed by atoms with Crippen LogP contribution in [0.3, 0.4) is 0 Å². The maximum absolute atomic E-state index is 6.16. The number of aliphatic imine (C=N–C) groups is 1. The zero-order valence-corrected chi connectivity index (χ0v) is 12.8. The molecule has 1 spiro atoms. The van der Waals surface area contributed by atoms with Gasteiger partial charge in [0.15, 0.2) is 5.96 Å². The summed E-state index contributed by atoms with van der Waals surface area (Å²) in [6.45, 7) is 9.27. The van der Waals surface area contributed by atoms with E-state index in [2.05, 4.69) is 30.7 Å². The van der Waals surface area contributed by atoms with Gasteiger partial charge in [0.1, 0.15) is 0 Å². The van der Waals surface area contributed by atoms with Crippen LogP contribution in [-0.2, 0) is 0 Å². The highest BCUT2D eigenvalue weighted by Gasteiger charge is 2.47. The van der Waals surface area contributed by atoms with E-state index in [0.717, 1.165) is 30.9 Å². The molecule has 0 aromatic rings. The molecule has 0 aromatic heterocycles. The third-order valence-electron chi connectivity index (χ3n) is 5.66. The van der Waals surface area contributed by atoms with E-state index in [9.17, 15) is 0 Å². The second-order valence-corrected chi connectivity index (χ2v) is 8.09. The lowest BCUT2D eigenvalue weighted by Gasteiger charge is -2.47. The van der Waals surface area contributed by atoms with Gasteiger partial charge in [0, 0.05) is 6.54 Å². The maximum Gasteiger partial charge on any atom is 0.191 e. The van der Waals surface area contributed by atoms with Gasteiger partial charge >= 0.3 is 0 Å². The highest BCUT2D eigenvalue weighted by atomic mass is 15.4. The van der Waals surface area contributed by atoms with Crippen LogP contribution in [0, 0.1) is 17.3 Å². The monoisotopic (exact) mass is 263 g/mol. The van der Waals surface area contributed by atoms with Crippen LogP contribution in [-0.4, -0.2) is 29.5 Å². The van der Waals surface area contributed by atoms with E-state index >= 15 is 0 Å². The SMILES string of the molecule is CC(C)(C)C1CCC2(CC1)CN=C(N)N2CC1CC1. The van der Waals surface area contributed by atoms with E-state index in [1.165, 1.54) is 38.5 Å². The molecule has 0 bridgehead atoms. The number of guanidine groups is 1. The minimum Gasteiger partial charge on any atom is -0.370 e. The van der Waals surface area contributed by atoms with Gasteiger partial charge in [-0.15, -0.1) is 0 Å². The molecule has 0 radical (unpaired) electrons. The average Bonchev–Trinajstić information content (AvgIpc) is 3.11. The van der Waals surface area contributed by atoms with Crippen molar-refractivity contribution in [2.75, 3.05) is 13.1 Å². The first kappa shape index (κ1) is 13.3. The number of nitrogens with zero attached hydrogens (tertiary/aromatic N) is 2. The van der Waals surface area contributed by atoms with Crippen molar-refractivity contribution in [3.63, 3.8) is 0 Å². The summed E-state index contributed by atoms with van der Waals surface area (Å²) in [5.41, 5.74) is 6.90. The first-order valence-corrected chi connectivity index (χ1v) is 7.98. The lowest BCUT2D eigenvalue weighted by Crippen LogP contribution is -2.54. The van der Waals surface area contributed by atoms with Crippen molar-refractivity contribution >= 4 is 5.96 Å². The Bertz CT molecular complexity index is 368. The predicted octanol–water partition coefficient (Wildman–Crippen LogP) is 3.00. The van der Waals surface area contributed by atoms with Crippen LogP contribution in [0.15, 0.2) is 4.99 Å². The Balaban J connectivity index is 1.67. The average molecular weight is 263 g/mol. The second-order valence-electron chi connectivity index (χ2n) is 8.09. The summed E-state index contributed by atoms with van der Waals surface area (Å²) in [5.74, 6) is 2.58. The van der Waals surface area contributed by atoms with E-state index in [-0.39, 0.29) is 5.54 Å². The van der Waals surface area contributed by atoms with Gasteiger partial charge < -0.3 is 10.6 Å². The molecule has 19 heavy (non-hydrogen) atoms. The summed E-state index contributed by atoms with van der Waals surface area (Å²) in [4.78, 5) is 7.06. The molecule has 2 saturated carbocycles. The molecule has 2 aliphatic carbocycles. The molecule has 3 nitrogen and oxygen atoms in total. The minimum absolute atomic E-state index is 0.286. The molecule has 2 fully saturated rings. The first-order valence-electron chi connectivity index (χ1n) is 7.98. The van der Waals surface area contributed by atoms with Crippen molar-refractivity contribution in [3.05, 3.63) is 0 Å². The number of hydrogen-bond donors (Lipinski definition) is 1. The van der Waals surface area contributed by atoms with Crippen LogP contribution in [0.5, 0.6) is 0 Å². The summed E-state index contributed by atoms with van der Waals surface area (Å²) in [5, 5.41) is 0. The quantitative estimate of drug-likeness (QED) is 0.832. The Hall–Kier alpha value is -0.730. The van der Waals surface area contributed by atoms with Crippen LogP contribution in [0.1, 0.15) is 59.3 Å². The van der Waals surface area contributed by atoms with E-state index < -0.39 is 0 Å². The third kappa shape index (κ3) is 2.48. The summed E-state index contributed by atoms with van der Waals surface area (Å²) < 4.78 is 0. The summed E-state index contributed by atoms with van der Waals surface area (Å²) >= 11 is 0. The molecule has 108 valence electrons. The fraction of sp³-hybridized carbons (Fsp3) is 0.938. The van der Waals surface area contributed by atoms with Crippen molar-refractivity contribution in [2.45, 2.75) is 64.8 Å². The van der Waals surface area contributed by atoms with Crippen molar-refractivity contribution in [1.29, 1.82) is 0 Å². The van der Waals surface area contributed by atoms with E-state index in [1.807, 2.05) is 0 Å². The smallest absolute Gasteiger partial charge is 0.191 e. The molecular formula is C16H29N3. The molecule has 1 heterocycles. The van der Waals surface area contributed by atoms with Crippen molar-refractivity contribution in [2.24, 2.45) is 28.0 Å². The lowest BCUT2D eigenvalue weighted by molar-refractivity contribution is 0.0720. The summed E-state index contributed by atoms with van der Waals surface area (Å²) in [6.07, 6.45) is 8.04. The van der Waals surface area contributed by atoms with Gasteiger partial charge in [-0.25, -0.2) is 0 Å². The van der Waals surface area contributed by atoms with Gasteiger partial charge in [-0.05, 0) is 55.8 Å². The molecule has 3 aliphatic rings. The Morgan fingerprint density at radius 1 is 1.21 bits per heavy atom. The standard InChI is InChI=1S/C16H29N3/c1-15(2,3)13-6-8-16(9-7-13)11-18-14(17)19(16)10-12-4-5-12/h12-13H,4-11H2,1-3H3,(H2,17,18). The van der Waals surface area contributed by atoms with Crippen LogP contribution < -0.4 is 5.73 Å². The molecule has 0 unspecified atom stereocenters. The molecule has 3 heteroatoms. The van der Waals surface area contributed by atoms with Crippen molar-refractivity contribution in [3.8, 4) is 0 Å². The van der Waals surface area contributed by atoms with Gasteiger partial charge in [-0.3, -0.25) is 4.99 Å². The number of hydrogen-bond acceptors (Lipinski definition) is 3. The Kier molecular flexibility index (Phi) is 3.06. The maximum atomic E-state index is 6.16. The van der Waals surface area contributed by atoms with Gasteiger partial charge in [0.25, 0.3) is 0 Å². The van der Waals surface area contributed by atoms with Crippen molar-refractivity contribution < 1.29 is 0 Å². The van der Waals surface area contributed by atoms with Crippen molar-refractivity contribution in [1.82, 2.24) is 4.90 Å². The van der Waals surface area contributed by atoms with Gasteiger partial charge in [0.2, 0.25) is 0 Å². The second kappa shape index (κ2) is 4.39. The molecule has 2 N–H and O–H groups in total. The zero-order chi connectivity index (χ0) is 13.7. The first-order chi connectivity index (χ1) is 8.91. The van der Waals surface area contributed by atoms with E-state index in [1.54, 1.807) is 0 Å². The number of nitrogens with two attached hydrogens (primary N) is 1. The fourth-order valence-corrected chi connectivity index (χ4v) is 3.94. The highest BCUT2D eigenvalue weighted by Crippen LogP contribution is 2.46. The lowest BCUT2D eigenvalue weighted by atomic mass is 9.67. The Labute approximate surface area is 117 Å². The van der Waals surface area contributed by atoms with E-state index in [4.69, 9.17) is 5.73 Å². The van der Waals surface area contributed by atoms with Gasteiger partial charge in [-0.2, -0.15) is 0 Å².